The van der Waals surface area contributed by atoms with Gasteiger partial charge in [0.2, 0.25) is 0 Å². The third-order valence-electron chi connectivity index (χ3n) is 5.08. The predicted molar refractivity (Wildman–Crippen MR) is 113 cm³/mol. The Morgan fingerprint density at radius 1 is 0.966 bits per heavy atom. The van der Waals surface area contributed by atoms with Crippen molar-refractivity contribution in [2.45, 2.75) is 6.10 Å². The van der Waals surface area contributed by atoms with Gasteiger partial charge in [-0.1, -0.05) is 41.9 Å². The van der Waals surface area contributed by atoms with Gasteiger partial charge in [-0.25, -0.2) is 4.98 Å². The maximum atomic E-state index is 10.5. The van der Waals surface area contributed by atoms with Crippen LogP contribution in [0.5, 0.6) is 5.75 Å². The molecule has 0 amide bonds. The Balaban J connectivity index is 0.00000240. The van der Waals surface area contributed by atoms with Gasteiger partial charge < -0.3 is 27.2 Å². The summed E-state index contributed by atoms with van der Waals surface area (Å²) in [6.45, 7) is 4.47. The Morgan fingerprint density at radius 2 is 1.69 bits per heavy atom. The number of aliphatic hydroxyl groups excluding tert-OH is 1. The van der Waals surface area contributed by atoms with E-state index in [1.54, 1.807) is 0 Å². The first-order valence-electron chi connectivity index (χ1n) is 9.57. The Morgan fingerprint density at radius 3 is 2.41 bits per heavy atom. The van der Waals surface area contributed by atoms with Gasteiger partial charge in [-0.15, -0.1) is 0 Å². The van der Waals surface area contributed by atoms with Gasteiger partial charge >= 0.3 is 0 Å². The standard InChI is InChI=1S/C22H24ClN3O2.ClH/c23-20-8-9-21(19-6-2-1-5-18(19)20)28-16-17(27)15-25-11-13-26(14-12-25)22-7-3-4-10-24-22;/h1-10,17,27H,11-16H2;1H/p-1. The smallest absolute Gasteiger partial charge is 0.128 e. The van der Waals surface area contributed by atoms with Crippen LogP contribution >= 0.6 is 11.6 Å². The molecule has 4 rings (SSSR count). The Hall–Kier alpha value is -2.05. The molecule has 1 unspecified atom stereocenters. The molecule has 1 aromatic heterocycles. The summed E-state index contributed by atoms with van der Waals surface area (Å²) in [6.07, 6.45) is 1.28. The first-order valence-corrected chi connectivity index (χ1v) is 9.95. The number of nitrogens with zero attached hydrogens (tertiary/aromatic N) is 3. The normalized spacial score (nSPS) is 15.7. The van der Waals surface area contributed by atoms with Crippen LogP contribution in [0, 0.1) is 0 Å². The van der Waals surface area contributed by atoms with Crippen LogP contribution in [0.25, 0.3) is 10.8 Å². The number of hydrogen-bond donors (Lipinski definition) is 1. The third kappa shape index (κ3) is 5.31. The second-order valence-corrected chi connectivity index (χ2v) is 7.44. The van der Waals surface area contributed by atoms with Crippen molar-refractivity contribution < 1.29 is 22.3 Å². The number of aromatic nitrogens is 1. The van der Waals surface area contributed by atoms with Crippen molar-refractivity contribution in [1.29, 1.82) is 0 Å². The Labute approximate surface area is 182 Å². The minimum absolute atomic E-state index is 0. The van der Waals surface area contributed by atoms with Crippen LogP contribution < -0.4 is 22.0 Å². The van der Waals surface area contributed by atoms with E-state index < -0.39 is 6.10 Å². The predicted octanol–water partition coefficient (Wildman–Crippen LogP) is 0.454. The van der Waals surface area contributed by atoms with E-state index >= 15 is 0 Å². The van der Waals surface area contributed by atoms with Gasteiger partial charge in [0.05, 0.1) is 0 Å². The molecule has 0 spiro atoms. The molecule has 2 aromatic carbocycles. The lowest BCUT2D eigenvalue weighted by Crippen LogP contribution is -3.00. The minimum atomic E-state index is -0.546. The van der Waals surface area contributed by atoms with E-state index in [1.165, 1.54) is 0 Å². The Bertz CT molecular complexity index is 918. The van der Waals surface area contributed by atoms with Gasteiger partial charge in [0.1, 0.15) is 24.3 Å². The van der Waals surface area contributed by atoms with Gasteiger partial charge in [0, 0.05) is 54.7 Å². The molecule has 154 valence electrons. The number of ether oxygens (including phenoxy) is 1. The largest absolute Gasteiger partial charge is 1.00 e. The lowest BCUT2D eigenvalue weighted by atomic mass is 10.1. The van der Waals surface area contributed by atoms with Gasteiger partial charge in [0.25, 0.3) is 0 Å². The van der Waals surface area contributed by atoms with Crippen LogP contribution in [0.15, 0.2) is 60.8 Å². The van der Waals surface area contributed by atoms with Gasteiger partial charge in [-0.05, 0) is 24.3 Å². The van der Waals surface area contributed by atoms with Crippen LogP contribution in [-0.2, 0) is 0 Å². The van der Waals surface area contributed by atoms with Crippen molar-refractivity contribution in [3.05, 3.63) is 65.8 Å². The molecule has 29 heavy (non-hydrogen) atoms. The van der Waals surface area contributed by atoms with Crippen molar-refractivity contribution in [2.24, 2.45) is 0 Å². The number of rotatable bonds is 6. The zero-order valence-electron chi connectivity index (χ0n) is 16.0. The molecule has 5 nitrogen and oxygen atoms in total. The summed E-state index contributed by atoms with van der Waals surface area (Å²) >= 11 is 6.26. The van der Waals surface area contributed by atoms with Gasteiger partial charge in [-0.2, -0.15) is 0 Å². The number of piperazine rings is 1. The zero-order valence-corrected chi connectivity index (χ0v) is 17.6. The van der Waals surface area contributed by atoms with Crippen molar-refractivity contribution in [3.63, 3.8) is 0 Å². The first kappa shape index (κ1) is 21.7. The molecule has 1 aliphatic heterocycles. The molecular weight excluding hydrogens is 409 g/mol. The van der Waals surface area contributed by atoms with E-state index in [-0.39, 0.29) is 19.0 Å². The molecule has 0 bridgehead atoms. The summed E-state index contributed by atoms with van der Waals surface area (Å²) in [5.41, 5.74) is 0. The number of aliphatic hydroxyl groups is 1. The Kier molecular flexibility index (Phi) is 7.56. The van der Waals surface area contributed by atoms with E-state index in [0.717, 1.165) is 48.5 Å². The number of β-amino-alcohol motifs (C(OH)–C–C–N with tert-alkyl or cyclic N) is 1. The molecule has 0 radical (unpaired) electrons. The summed E-state index contributed by atoms with van der Waals surface area (Å²) in [7, 11) is 0. The fraction of sp³-hybridized carbons (Fsp3) is 0.318. The molecule has 0 saturated carbocycles. The average molecular weight is 433 g/mol. The third-order valence-corrected chi connectivity index (χ3v) is 5.41. The molecule has 1 aliphatic rings. The van der Waals surface area contributed by atoms with Gasteiger partial charge in [0.15, 0.2) is 0 Å². The highest BCUT2D eigenvalue weighted by molar-refractivity contribution is 6.35. The summed E-state index contributed by atoms with van der Waals surface area (Å²) in [5, 5.41) is 13.1. The first-order chi connectivity index (χ1) is 13.7. The highest BCUT2D eigenvalue weighted by Gasteiger charge is 2.20. The highest BCUT2D eigenvalue weighted by atomic mass is 35.5. The average Bonchev–Trinajstić information content (AvgIpc) is 2.75. The molecule has 1 N–H and O–H groups in total. The number of pyridine rings is 1. The number of hydrogen-bond acceptors (Lipinski definition) is 5. The quantitative estimate of drug-likeness (QED) is 0.612. The van der Waals surface area contributed by atoms with E-state index in [9.17, 15) is 5.11 Å². The van der Waals surface area contributed by atoms with E-state index in [0.29, 0.717) is 11.6 Å². The number of benzene rings is 2. The van der Waals surface area contributed by atoms with E-state index in [2.05, 4.69) is 14.8 Å². The lowest BCUT2D eigenvalue weighted by Gasteiger charge is -2.36. The highest BCUT2D eigenvalue weighted by Crippen LogP contribution is 2.31. The fourth-order valence-corrected chi connectivity index (χ4v) is 3.83. The summed E-state index contributed by atoms with van der Waals surface area (Å²) in [4.78, 5) is 8.96. The topological polar surface area (TPSA) is 48.8 Å². The van der Waals surface area contributed by atoms with Crippen LogP contribution in [0.4, 0.5) is 5.82 Å². The summed E-state index contributed by atoms with van der Waals surface area (Å²) in [5.74, 6) is 1.76. The molecule has 1 fully saturated rings. The number of anilines is 1. The number of fused-ring (bicyclic) bond motifs is 1. The second-order valence-electron chi connectivity index (χ2n) is 7.03. The van der Waals surface area contributed by atoms with Crippen molar-refractivity contribution >= 4 is 28.2 Å². The van der Waals surface area contributed by atoms with E-state index in [1.807, 2.05) is 60.8 Å². The molecular formula is C22H24Cl2N3O2-. The molecule has 2 heterocycles. The van der Waals surface area contributed by atoms with Crippen LogP contribution in [-0.4, -0.2) is 60.4 Å². The van der Waals surface area contributed by atoms with Gasteiger partial charge in [-0.3, -0.25) is 4.90 Å². The fourth-order valence-electron chi connectivity index (χ4n) is 3.60. The summed E-state index contributed by atoms with van der Waals surface area (Å²) < 4.78 is 5.91. The van der Waals surface area contributed by atoms with Crippen LogP contribution in [0.3, 0.4) is 0 Å². The lowest BCUT2D eigenvalue weighted by molar-refractivity contribution is -0.00000781. The SMILES string of the molecule is OC(COc1ccc(Cl)c2ccccc12)CN1CCN(c2ccccn2)CC1.[Cl-]. The monoisotopic (exact) mass is 432 g/mol. The minimum Gasteiger partial charge on any atom is -1.00 e. The van der Waals surface area contributed by atoms with Crippen molar-refractivity contribution in [3.8, 4) is 5.75 Å². The maximum absolute atomic E-state index is 10.5. The molecule has 1 atom stereocenters. The molecule has 1 saturated heterocycles. The number of halogens is 2. The summed E-state index contributed by atoms with van der Waals surface area (Å²) in [6, 6.07) is 17.6. The van der Waals surface area contributed by atoms with Crippen LogP contribution in [0.2, 0.25) is 5.02 Å². The second kappa shape index (κ2) is 10.1. The van der Waals surface area contributed by atoms with Crippen molar-refractivity contribution in [2.75, 3.05) is 44.2 Å². The van der Waals surface area contributed by atoms with E-state index in [4.69, 9.17) is 16.3 Å². The maximum Gasteiger partial charge on any atom is 0.128 e. The zero-order chi connectivity index (χ0) is 19.3. The van der Waals surface area contributed by atoms with Crippen molar-refractivity contribution in [1.82, 2.24) is 9.88 Å². The van der Waals surface area contributed by atoms with Crippen LogP contribution in [0.1, 0.15) is 0 Å². The molecule has 0 aliphatic carbocycles. The molecule has 3 aromatic rings. The molecule has 7 heteroatoms.